The van der Waals surface area contributed by atoms with Crippen LogP contribution in [0.1, 0.15) is 159 Å². The second kappa shape index (κ2) is 22.1. The van der Waals surface area contributed by atoms with Gasteiger partial charge in [0.05, 0.1) is 25.4 Å². The zero-order valence-corrected chi connectivity index (χ0v) is 43.9. The molecule has 1 aromatic heterocycles. The molecule has 2 fully saturated rings. The van der Waals surface area contributed by atoms with E-state index in [0.29, 0.717) is 47.1 Å². The summed E-state index contributed by atoms with van der Waals surface area (Å²) in [6, 6.07) is 32.0. The SMILES string of the molecule is COCC(CCO)c1c(CO)c2ccc3c(c2oc1=O)C1OC(=O)CC2CC(c4cccc(C5(c6ccccc6)CCCC5)c4)C=CC2c2ccc(cc2)CCC(=C(C)CO)C(=O)OC1C1(CC=CC2CCCCC21)O3. The number of esters is 2. The minimum absolute atomic E-state index is 0.0168. The lowest BCUT2D eigenvalue weighted by Gasteiger charge is -2.54. The Morgan fingerprint density at radius 3 is 2.37 bits per heavy atom. The highest BCUT2D eigenvalue weighted by molar-refractivity contribution is 5.90. The van der Waals surface area contributed by atoms with Crippen molar-refractivity contribution in [1.29, 1.82) is 0 Å². The molecule has 0 radical (unpaired) electrons. The zero-order chi connectivity index (χ0) is 52.6. The Hall–Kier alpha value is -6.11. The molecule has 9 atom stereocenters. The normalized spacial score (nSPS) is 28.1. The van der Waals surface area contributed by atoms with Crippen molar-refractivity contribution in [2.24, 2.45) is 17.8 Å². The highest BCUT2D eigenvalue weighted by atomic mass is 16.6. The molecule has 2 saturated carbocycles. The van der Waals surface area contributed by atoms with Gasteiger partial charge in [-0.3, -0.25) is 4.79 Å². The Morgan fingerprint density at radius 2 is 1.61 bits per heavy atom. The molecule has 11 nitrogen and oxygen atoms in total. The van der Waals surface area contributed by atoms with E-state index in [1.165, 1.54) is 36.6 Å². The first kappa shape index (κ1) is 52.0. The molecule has 11 heteroatoms. The minimum atomic E-state index is -1.32. The monoisotopic (exact) mass is 1030 g/mol. The molecule has 3 N–H and O–H groups in total. The van der Waals surface area contributed by atoms with Crippen LogP contribution in [0.4, 0.5) is 0 Å². The van der Waals surface area contributed by atoms with E-state index in [2.05, 4.69) is 103 Å². The molecular formula is C65H72O11. The molecule has 4 aliphatic carbocycles. The largest absolute Gasteiger partial charge is 0.482 e. The Labute approximate surface area is 445 Å². The van der Waals surface area contributed by atoms with E-state index < -0.39 is 47.9 Å². The van der Waals surface area contributed by atoms with E-state index in [-0.39, 0.29) is 90.8 Å². The maximum atomic E-state index is 15.5. The third kappa shape index (κ3) is 9.49. The maximum absolute atomic E-state index is 15.5. The fraction of sp³-hybridized carbons (Fsp3) is 0.462. The van der Waals surface area contributed by atoms with Gasteiger partial charge in [0, 0.05) is 72.2 Å². The van der Waals surface area contributed by atoms with Gasteiger partial charge in [0.15, 0.2) is 17.8 Å². The molecule has 12 rings (SSSR count). The van der Waals surface area contributed by atoms with Crippen molar-refractivity contribution in [2.45, 2.75) is 144 Å². The number of aryl methyl sites for hydroxylation is 1. The summed E-state index contributed by atoms with van der Waals surface area (Å²) < 4.78 is 33.2. The lowest BCUT2D eigenvalue weighted by molar-refractivity contribution is -0.208. The van der Waals surface area contributed by atoms with Crippen LogP contribution in [0.15, 0.2) is 136 Å². The third-order valence-electron chi connectivity index (χ3n) is 18.5. The van der Waals surface area contributed by atoms with Crippen LogP contribution < -0.4 is 10.4 Å². The van der Waals surface area contributed by atoms with E-state index in [4.69, 9.17) is 23.4 Å². The van der Waals surface area contributed by atoms with Gasteiger partial charge >= 0.3 is 17.6 Å². The number of aliphatic hydroxyl groups is 3. The summed E-state index contributed by atoms with van der Waals surface area (Å²) in [6.45, 7) is 0.710. The number of allylic oxidation sites excluding steroid dienone is 3. The van der Waals surface area contributed by atoms with E-state index in [9.17, 15) is 20.1 Å². The molecular weight excluding hydrogens is 957 g/mol. The van der Waals surface area contributed by atoms with Gasteiger partial charge in [0.1, 0.15) is 11.3 Å². The number of carbonyl (C=O) groups is 2. The fourth-order valence-electron chi connectivity index (χ4n) is 14.6. The molecule has 1 spiro atoms. The van der Waals surface area contributed by atoms with Gasteiger partial charge in [-0.1, -0.05) is 129 Å². The first-order valence-electron chi connectivity index (χ1n) is 27.9. The first-order chi connectivity index (χ1) is 37.1. The summed E-state index contributed by atoms with van der Waals surface area (Å²) in [5, 5.41) is 32.2. The van der Waals surface area contributed by atoms with E-state index in [1.54, 1.807) is 19.1 Å². The van der Waals surface area contributed by atoms with Crippen LogP contribution in [0, 0.1) is 17.8 Å². The summed E-state index contributed by atoms with van der Waals surface area (Å²) in [7, 11) is 1.51. The summed E-state index contributed by atoms with van der Waals surface area (Å²) in [5.41, 5.74) is 5.59. The number of benzene rings is 4. The molecule has 3 aliphatic heterocycles. The quantitative estimate of drug-likeness (QED) is 0.0528. The number of hydrogen-bond acceptors (Lipinski definition) is 11. The van der Waals surface area contributed by atoms with Gasteiger partial charge in [-0.15, -0.1) is 0 Å². The zero-order valence-electron chi connectivity index (χ0n) is 43.9. The number of hydrogen-bond donors (Lipinski definition) is 3. The molecule has 7 aliphatic rings. The molecule has 4 heterocycles. The van der Waals surface area contributed by atoms with Crippen molar-refractivity contribution < 1.29 is 48.3 Å². The summed E-state index contributed by atoms with van der Waals surface area (Å²) in [4.78, 5) is 45.2. The third-order valence-corrected chi connectivity index (χ3v) is 18.5. The lowest BCUT2D eigenvalue weighted by Crippen LogP contribution is -2.62. The molecule has 0 saturated heterocycles. The fourth-order valence-corrected chi connectivity index (χ4v) is 14.6. The van der Waals surface area contributed by atoms with Gasteiger partial charge in [-0.25, -0.2) is 9.59 Å². The molecule has 9 unspecified atom stereocenters. The van der Waals surface area contributed by atoms with Crippen LogP contribution in [0.25, 0.3) is 11.0 Å². The predicted octanol–water partition coefficient (Wildman–Crippen LogP) is 11.4. The van der Waals surface area contributed by atoms with Gasteiger partial charge in [0.2, 0.25) is 0 Å². The summed E-state index contributed by atoms with van der Waals surface area (Å²) in [5.74, 6) is -1.73. The number of carbonyl (C=O) groups excluding carboxylic acids is 2. The van der Waals surface area contributed by atoms with E-state index in [1.807, 2.05) is 0 Å². The van der Waals surface area contributed by atoms with Crippen LogP contribution in [0.5, 0.6) is 5.75 Å². The highest BCUT2D eigenvalue weighted by Gasteiger charge is 2.61. The van der Waals surface area contributed by atoms with Crippen molar-refractivity contribution in [2.75, 3.05) is 26.9 Å². The average Bonchev–Trinajstić information content (AvgIpc) is 4.09. The lowest BCUT2D eigenvalue weighted by atomic mass is 9.62. The molecule has 5 aromatic rings. The molecule has 2 bridgehead atoms. The average molecular weight is 1030 g/mol. The number of ether oxygens (including phenoxy) is 4. The van der Waals surface area contributed by atoms with Crippen LogP contribution >= 0.6 is 0 Å². The number of fused-ring (bicyclic) bond motifs is 13. The van der Waals surface area contributed by atoms with Crippen LogP contribution in [0.3, 0.4) is 0 Å². The smallest absolute Gasteiger partial charge is 0.340 e. The number of rotatable bonds is 10. The summed E-state index contributed by atoms with van der Waals surface area (Å²) >= 11 is 0. The first-order valence-corrected chi connectivity index (χ1v) is 27.9. The molecule has 76 heavy (non-hydrogen) atoms. The minimum Gasteiger partial charge on any atom is -0.482 e. The highest BCUT2D eigenvalue weighted by Crippen LogP contribution is 2.57. The second-order valence-corrected chi connectivity index (χ2v) is 22.6. The van der Waals surface area contributed by atoms with Gasteiger partial charge < -0.3 is 38.7 Å². The van der Waals surface area contributed by atoms with Crippen LogP contribution in [0.2, 0.25) is 0 Å². The van der Waals surface area contributed by atoms with Crippen LogP contribution in [-0.2, 0) is 42.2 Å². The Morgan fingerprint density at radius 1 is 0.816 bits per heavy atom. The number of methoxy groups -OCH3 is 1. The summed E-state index contributed by atoms with van der Waals surface area (Å²) in [6.07, 6.45) is 16.6. The van der Waals surface area contributed by atoms with Crippen molar-refractivity contribution in [3.63, 3.8) is 0 Å². The van der Waals surface area contributed by atoms with Gasteiger partial charge in [0.25, 0.3) is 0 Å². The van der Waals surface area contributed by atoms with E-state index in [0.717, 1.165) is 49.7 Å². The van der Waals surface area contributed by atoms with Gasteiger partial charge in [-0.2, -0.15) is 0 Å². The predicted molar refractivity (Wildman–Crippen MR) is 290 cm³/mol. The topological polar surface area (TPSA) is 162 Å². The Kier molecular flexibility index (Phi) is 15.1. The van der Waals surface area contributed by atoms with E-state index >= 15 is 9.59 Å². The Balaban J connectivity index is 1.06. The van der Waals surface area contributed by atoms with Crippen molar-refractivity contribution in [3.8, 4) is 5.75 Å². The molecule has 4 aromatic carbocycles. The maximum Gasteiger partial charge on any atom is 0.340 e. The van der Waals surface area contributed by atoms with Gasteiger partial charge in [-0.05, 0) is 121 Å². The van der Waals surface area contributed by atoms with Crippen molar-refractivity contribution in [1.82, 2.24) is 0 Å². The molecule has 398 valence electrons. The van der Waals surface area contributed by atoms with Crippen molar-refractivity contribution >= 4 is 22.9 Å². The Bertz CT molecular complexity index is 3080. The van der Waals surface area contributed by atoms with Crippen LogP contribution in [-0.4, -0.2) is 65.9 Å². The van der Waals surface area contributed by atoms with Crippen molar-refractivity contribution in [3.05, 3.63) is 181 Å². The number of aliphatic hydroxyl groups excluding tert-OH is 3. The molecule has 0 amide bonds. The standard InChI is InChI=1S/C65H72O11/c1-40(37-67)50-25-21-41-19-22-42(23-20-41)51-26-24-45(44-13-10-17-49(35-44)64(30-8-9-31-64)48-15-4-3-5-16-48)34-47(51)36-56(69)73-60-58-55(76-65(61(60)75-62(50)70)32-11-14-43-12-6-7-18-54(43)65)28-27-52-53(38-68)57(63(71)74-59(52)58)46(29-33-66)39-72-2/h3-5,10-11,13-17,19-20,22-24,26-28,35,43,45-47,51,54,60-61,66-68H,6-9,12,18,21,25,29-34,36-39H2,1-2H3. The second-order valence-electron chi connectivity index (χ2n) is 22.6.